The van der Waals surface area contributed by atoms with Crippen LogP contribution in [0, 0.1) is 5.82 Å². The van der Waals surface area contributed by atoms with Crippen LogP contribution in [-0.4, -0.2) is 10.7 Å². The Kier molecular flexibility index (Phi) is 4.85. The lowest BCUT2D eigenvalue weighted by Crippen LogP contribution is -2.35. The quantitative estimate of drug-likeness (QED) is 0.908. The van der Waals surface area contributed by atoms with Crippen molar-refractivity contribution in [3.8, 4) is 5.75 Å². The summed E-state index contributed by atoms with van der Waals surface area (Å²) in [6.45, 7) is 6.90. The average Bonchev–Trinajstić information content (AvgIpc) is 2.85. The standard InChI is InChI=1S/C15H18ClFN2O2/c1-15(2,3)18-8-10-7-11(21-19-10)9-20-13-6-4-5-12(16)14(13)17/h4-7,18H,8-9H2,1-3H3. The van der Waals surface area contributed by atoms with Gasteiger partial charge in [0.05, 0.1) is 10.7 Å². The van der Waals surface area contributed by atoms with Crippen molar-refractivity contribution in [1.82, 2.24) is 10.5 Å². The molecule has 0 bridgehead atoms. The highest BCUT2D eigenvalue weighted by Crippen LogP contribution is 2.24. The highest BCUT2D eigenvalue weighted by molar-refractivity contribution is 6.30. The molecule has 0 spiro atoms. The van der Waals surface area contributed by atoms with Gasteiger partial charge in [0.25, 0.3) is 0 Å². The van der Waals surface area contributed by atoms with Crippen LogP contribution in [0.15, 0.2) is 28.8 Å². The van der Waals surface area contributed by atoms with Crippen molar-refractivity contribution in [2.24, 2.45) is 0 Å². The highest BCUT2D eigenvalue weighted by Gasteiger charge is 2.12. The number of aromatic nitrogens is 1. The van der Waals surface area contributed by atoms with Crippen LogP contribution in [0.25, 0.3) is 0 Å². The van der Waals surface area contributed by atoms with Crippen molar-refractivity contribution in [1.29, 1.82) is 0 Å². The molecule has 1 aromatic carbocycles. The third-order valence-electron chi connectivity index (χ3n) is 2.69. The van der Waals surface area contributed by atoms with Crippen LogP contribution in [-0.2, 0) is 13.2 Å². The summed E-state index contributed by atoms with van der Waals surface area (Å²) in [6.07, 6.45) is 0. The maximum absolute atomic E-state index is 13.6. The van der Waals surface area contributed by atoms with Crippen molar-refractivity contribution in [2.45, 2.75) is 39.5 Å². The average molecular weight is 313 g/mol. The predicted molar refractivity (Wildman–Crippen MR) is 78.8 cm³/mol. The summed E-state index contributed by atoms with van der Waals surface area (Å²) < 4.78 is 24.1. The number of rotatable bonds is 5. The third-order valence-corrected chi connectivity index (χ3v) is 2.99. The smallest absolute Gasteiger partial charge is 0.183 e. The molecule has 0 radical (unpaired) electrons. The molecule has 21 heavy (non-hydrogen) atoms. The maximum atomic E-state index is 13.6. The summed E-state index contributed by atoms with van der Waals surface area (Å²) in [4.78, 5) is 0. The van der Waals surface area contributed by atoms with E-state index in [1.165, 1.54) is 12.1 Å². The number of ether oxygens (including phenoxy) is 1. The first-order valence-electron chi connectivity index (χ1n) is 6.61. The van der Waals surface area contributed by atoms with E-state index < -0.39 is 5.82 Å². The number of benzene rings is 1. The molecule has 1 N–H and O–H groups in total. The summed E-state index contributed by atoms with van der Waals surface area (Å²) in [5, 5.41) is 7.26. The van der Waals surface area contributed by atoms with Gasteiger partial charge >= 0.3 is 0 Å². The van der Waals surface area contributed by atoms with Crippen LogP contribution in [0.5, 0.6) is 5.75 Å². The lowest BCUT2D eigenvalue weighted by atomic mass is 10.1. The molecule has 6 heteroatoms. The first-order chi connectivity index (χ1) is 9.85. The van der Waals surface area contributed by atoms with Gasteiger partial charge in [-0.1, -0.05) is 22.8 Å². The fourth-order valence-electron chi connectivity index (χ4n) is 1.61. The van der Waals surface area contributed by atoms with E-state index in [1.54, 1.807) is 12.1 Å². The fourth-order valence-corrected chi connectivity index (χ4v) is 1.77. The molecule has 2 aromatic rings. The highest BCUT2D eigenvalue weighted by atomic mass is 35.5. The minimum atomic E-state index is -0.576. The second-order valence-electron chi connectivity index (χ2n) is 5.73. The Balaban J connectivity index is 1.92. The van der Waals surface area contributed by atoms with E-state index in [1.807, 2.05) is 0 Å². The molecule has 0 aliphatic carbocycles. The zero-order valence-electron chi connectivity index (χ0n) is 12.2. The molecule has 114 valence electrons. The number of halogens is 2. The van der Waals surface area contributed by atoms with E-state index in [-0.39, 0.29) is 22.9 Å². The van der Waals surface area contributed by atoms with E-state index in [9.17, 15) is 4.39 Å². The first kappa shape index (κ1) is 15.8. The fraction of sp³-hybridized carbons (Fsp3) is 0.400. The number of nitrogens with zero attached hydrogens (tertiary/aromatic N) is 1. The Labute approximate surface area is 128 Å². The molecular formula is C15H18ClFN2O2. The monoisotopic (exact) mass is 312 g/mol. The number of nitrogens with one attached hydrogen (secondary N) is 1. The molecule has 0 unspecified atom stereocenters. The zero-order valence-corrected chi connectivity index (χ0v) is 13.0. The van der Waals surface area contributed by atoms with Gasteiger partial charge in [-0.25, -0.2) is 4.39 Å². The SMILES string of the molecule is CC(C)(C)NCc1cc(COc2cccc(Cl)c2F)on1. The van der Waals surface area contributed by atoms with Crippen LogP contribution in [0.3, 0.4) is 0 Å². The molecule has 0 amide bonds. The Morgan fingerprint density at radius 3 is 2.86 bits per heavy atom. The second kappa shape index (κ2) is 6.45. The van der Waals surface area contributed by atoms with Crippen molar-refractivity contribution in [2.75, 3.05) is 0 Å². The largest absolute Gasteiger partial charge is 0.482 e. The molecule has 0 saturated heterocycles. The van der Waals surface area contributed by atoms with E-state index in [2.05, 4.69) is 31.2 Å². The molecule has 1 heterocycles. The van der Waals surface area contributed by atoms with E-state index in [0.717, 1.165) is 5.69 Å². The Morgan fingerprint density at radius 1 is 1.38 bits per heavy atom. The summed E-state index contributed by atoms with van der Waals surface area (Å²) in [5.74, 6) is 0.0432. The van der Waals surface area contributed by atoms with Crippen LogP contribution in [0.4, 0.5) is 4.39 Å². The Morgan fingerprint density at radius 2 is 2.14 bits per heavy atom. The van der Waals surface area contributed by atoms with Gasteiger partial charge in [0, 0.05) is 18.2 Å². The zero-order chi connectivity index (χ0) is 15.5. The van der Waals surface area contributed by atoms with Gasteiger partial charge in [-0.3, -0.25) is 0 Å². The van der Waals surface area contributed by atoms with Crippen molar-refractivity contribution >= 4 is 11.6 Å². The molecule has 1 aromatic heterocycles. The van der Waals surface area contributed by atoms with Crippen LogP contribution < -0.4 is 10.1 Å². The van der Waals surface area contributed by atoms with Gasteiger partial charge in [-0.05, 0) is 32.9 Å². The Hall–Kier alpha value is -1.59. The summed E-state index contributed by atoms with van der Waals surface area (Å²) in [6, 6.07) is 6.38. The predicted octanol–water partition coefficient (Wildman–Crippen LogP) is 3.93. The van der Waals surface area contributed by atoms with Gasteiger partial charge in [-0.15, -0.1) is 0 Å². The first-order valence-corrected chi connectivity index (χ1v) is 6.99. The number of hydrogen-bond acceptors (Lipinski definition) is 4. The van der Waals surface area contributed by atoms with Crippen LogP contribution >= 0.6 is 11.6 Å². The van der Waals surface area contributed by atoms with E-state index in [4.69, 9.17) is 20.9 Å². The van der Waals surface area contributed by atoms with Crippen molar-refractivity contribution in [3.63, 3.8) is 0 Å². The van der Waals surface area contributed by atoms with E-state index in [0.29, 0.717) is 12.3 Å². The topological polar surface area (TPSA) is 47.3 Å². The van der Waals surface area contributed by atoms with Crippen molar-refractivity contribution < 1.29 is 13.7 Å². The molecule has 0 saturated carbocycles. The van der Waals surface area contributed by atoms with Gasteiger partial charge in [0.1, 0.15) is 6.61 Å². The van der Waals surface area contributed by atoms with E-state index >= 15 is 0 Å². The van der Waals surface area contributed by atoms with Gasteiger partial charge in [-0.2, -0.15) is 0 Å². The Bertz CT molecular complexity index is 608. The molecule has 0 atom stereocenters. The maximum Gasteiger partial charge on any atom is 0.183 e. The second-order valence-corrected chi connectivity index (χ2v) is 6.14. The van der Waals surface area contributed by atoms with Gasteiger partial charge in [0.15, 0.2) is 17.3 Å². The lowest BCUT2D eigenvalue weighted by molar-refractivity contribution is 0.239. The van der Waals surface area contributed by atoms with Gasteiger partial charge in [0.2, 0.25) is 0 Å². The molecule has 0 aliphatic heterocycles. The van der Waals surface area contributed by atoms with Crippen LogP contribution in [0.1, 0.15) is 32.2 Å². The summed E-state index contributed by atoms with van der Waals surface area (Å²) in [5.41, 5.74) is 0.773. The summed E-state index contributed by atoms with van der Waals surface area (Å²) in [7, 11) is 0. The molecule has 0 fully saturated rings. The molecule has 4 nitrogen and oxygen atoms in total. The van der Waals surface area contributed by atoms with Crippen LogP contribution in [0.2, 0.25) is 5.02 Å². The molecule has 0 aliphatic rings. The summed E-state index contributed by atoms with van der Waals surface area (Å²) >= 11 is 5.68. The minimum Gasteiger partial charge on any atom is -0.482 e. The number of hydrogen-bond donors (Lipinski definition) is 1. The molecular weight excluding hydrogens is 295 g/mol. The van der Waals surface area contributed by atoms with Crippen molar-refractivity contribution in [3.05, 3.63) is 46.6 Å². The lowest BCUT2D eigenvalue weighted by Gasteiger charge is -2.19. The normalized spacial score (nSPS) is 11.7. The van der Waals surface area contributed by atoms with Gasteiger partial charge < -0.3 is 14.6 Å². The third kappa shape index (κ3) is 4.72. The minimum absolute atomic E-state index is 0.000467. The molecule has 2 rings (SSSR count).